The number of nitrogens with one attached hydrogen (secondary N) is 2. The molecule has 0 aliphatic heterocycles. The van der Waals surface area contributed by atoms with Gasteiger partial charge in [-0.2, -0.15) is 0 Å². The molecule has 0 unspecified atom stereocenters. The molecule has 1 aromatic heterocycles. The van der Waals surface area contributed by atoms with Crippen LogP contribution in [0.3, 0.4) is 0 Å². The molecule has 0 aliphatic carbocycles. The summed E-state index contributed by atoms with van der Waals surface area (Å²) in [5.74, 6) is 0. The molecule has 0 amide bonds. The molecule has 6 nitrogen and oxygen atoms in total. The average molecular weight is 357 g/mol. The van der Waals surface area contributed by atoms with Gasteiger partial charge in [-0.3, -0.25) is 20.4 Å². The Morgan fingerprint density at radius 3 is 1.53 bits per heavy atom. The summed E-state index contributed by atoms with van der Waals surface area (Å²) >= 11 is 13.4. The van der Waals surface area contributed by atoms with Crippen molar-refractivity contribution < 1.29 is 9.59 Å². The summed E-state index contributed by atoms with van der Waals surface area (Å²) in [6.45, 7) is 0. The van der Waals surface area contributed by atoms with Crippen LogP contribution in [0.4, 0.5) is 0 Å². The van der Waals surface area contributed by atoms with Gasteiger partial charge in [-0.05, 0) is 23.5 Å². The second-order valence-corrected chi connectivity index (χ2v) is 6.70. The first-order valence-corrected chi connectivity index (χ1v) is 7.54. The molecule has 0 fully saturated rings. The Labute approximate surface area is 130 Å². The number of hydrogen-bond acceptors (Lipinski definition) is 7. The third kappa shape index (κ3) is 4.11. The fraction of sp³-hybridized carbons (Fsp3) is 0. The highest BCUT2D eigenvalue weighted by Gasteiger charge is 2.25. The zero-order valence-corrected chi connectivity index (χ0v) is 12.9. The summed E-state index contributed by atoms with van der Waals surface area (Å²) in [6, 6.07) is 0. The molecular weight excluding hydrogens is 351 g/mol. The minimum Gasteiger partial charge on any atom is -0.378 e. The van der Waals surface area contributed by atoms with Crippen molar-refractivity contribution in [2.75, 3.05) is 0 Å². The first-order valence-electron chi connectivity index (χ1n) is 4.34. The average Bonchev–Trinajstić information content (AvgIpc) is 2.54. The quantitative estimate of drug-likeness (QED) is 0.475. The fourth-order valence-corrected chi connectivity index (χ4v) is 3.81. The lowest BCUT2D eigenvalue weighted by molar-refractivity contribution is 0.108. The van der Waals surface area contributed by atoms with Crippen LogP contribution in [0.1, 0.15) is 19.3 Å². The summed E-state index contributed by atoms with van der Waals surface area (Å²) in [5, 5.41) is 12.0. The van der Waals surface area contributed by atoms with Crippen molar-refractivity contribution in [2.45, 2.75) is 0 Å². The van der Waals surface area contributed by atoms with Crippen LogP contribution in [0.15, 0.2) is 0 Å². The molecule has 0 bridgehead atoms. The molecular formula is C8H6Cl2N4O2S3. The van der Waals surface area contributed by atoms with E-state index in [-0.39, 0.29) is 19.8 Å². The van der Waals surface area contributed by atoms with E-state index in [1.54, 1.807) is 0 Å². The van der Waals surface area contributed by atoms with Gasteiger partial charge in [-0.25, -0.2) is 0 Å². The maximum absolute atomic E-state index is 11.7. The summed E-state index contributed by atoms with van der Waals surface area (Å²) in [5.41, 5.74) is 10.2. The number of amidine groups is 2. The molecule has 1 aromatic rings. The Bertz CT molecular complexity index is 538. The van der Waals surface area contributed by atoms with E-state index in [0.717, 1.165) is 11.3 Å². The van der Waals surface area contributed by atoms with E-state index in [2.05, 4.69) is 0 Å². The van der Waals surface area contributed by atoms with E-state index >= 15 is 0 Å². The number of rotatable bonds is 2. The summed E-state index contributed by atoms with van der Waals surface area (Å²) in [6.07, 6.45) is 0. The molecule has 102 valence electrons. The molecule has 11 heteroatoms. The van der Waals surface area contributed by atoms with E-state index in [1.165, 1.54) is 0 Å². The van der Waals surface area contributed by atoms with Crippen LogP contribution in [-0.4, -0.2) is 20.6 Å². The molecule has 0 radical (unpaired) electrons. The lowest BCUT2D eigenvalue weighted by atomic mass is 10.4. The number of thioether (sulfide) groups is 2. The molecule has 0 atom stereocenters. The summed E-state index contributed by atoms with van der Waals surface area (Å²) in [4.78, 5) is 23.5. The highest BCUT2D eigenvalue weighted by atomic mass is 35.5. The lowest BCUT2D eigenvalue weighted by Gasteiger charge is -1.95. The van der Waals surface area contributed by atoms with Gasteiger partial charge in [0.2, 0.25) is 10.2 Å². The van der Waals surface area contributed by atoms with Gasteiger partial charge in [-0.15, -0.1) is 11.3 Å². The van der Waals surface area contributed by atoms with Crippen LogP contribution in [0.2, 0.25) is 10.0 Å². The molecule has 1 heterocycles. The molecule has 6 N–H and O–H groups in total. The molecule has 0 aliphatic rings. The SMILES string of the molecule is N=C(N)SC(=O)c1sc(C(=O)SC(=N)N)c(Cl)c1Cl. The number of thiophene rings is 1. The lowest BCUT2D eigenvalue weighted by Crippen LogP contribution is -2.08. The third-order valence-electron chi connectivity index (χ3n) is 1.57. The number of nitrogens with two attached hydrogens (primary N) is 2. The smallest absolute Gasteiger partial charge is 0.238 e. The van der Waals surface area contributed by atoms with Crippen LogP contribution in [0.5, 0.6) is 0 Å². The van der Waals surface area contributed by atoms with Gasteiger partial charge in [0.1, 0.15) is 9.75 Å². The molecule has 0 spiro atoms. The van der Waals surface area contributed by atoms with Crippen molar-refractivity contribution >= 4 is 78.6 Å². The van der Waals surface area contributed by atoms with Gasteiger partial charge < -0.3 is 11.5 Å². The third-order valence-corrected chi connectivity index (χ3v) is 5.31. The topological polar surface area (TPSA) is 134 Å². The first kappa shape index (κ1) is 16.3. The van der Waals surface area contributed by atoms with Crippen molar-refractivity contribution in [2.24, 2.45) is 11.5 Å². The molecule has 19 heavy (non-hydrogen) atoms. The Balaban J connectivity index is 3.11. The molecule has 0 saturated carbocycles. The first-order chi connectivity index (χ1) is 8.73. The van der Waals surface area contributed by atoms with Crippen molar-refractivity contribution in [3.8, 4) is 0 Å². The highest BCUT2D eigenvalue weighted by molar-refractivity contribution is 8.27. The standard InChI is InChI=1S/C8H6Cl2N4O2S3/c9-1-2(10)4(6(16)19-8(13)14)17-3(1)5(15)18-7(11)12/h(H3,11,12)(H3,13,14). The van der Waals surface area contributed by atoms with Crippen LogP contribution < -0.4 is 11.5 Å². The van der Waals surface area contributed by atoms with E-state index in [4.69, 9.17) is 45.5 Å². The van der Waals surface area contributed by atoms with Crippen LogP contribution in [0, 0.1) is 10.8 Å². The predicted molar refractivity (Wildman–Crippen MR) is 82.0 cm³/mol. The normalized spacial score (nSPS) is 10.2. The van der Waals surface area contributed by atoms with Crippen LogP contribution >= 0.6 is 58.1 Å². The Kier molecular flexibility index (Phi) is 5.68. The maximum atomic E-state index is 11.7. The van der Waals surface area contributed by atoms with Gasteiger partial charge in [0, 0.05) is 0 Å². The summed E-state index contributed by atoms with van der Waals surface area (Å²) < 4.78 is 0. The van der Waals surface area contributed by atoms with Gasteiger partial charge in [0.25, 0.3) is 0 Å². The van der Waals surface area contributed by atoms with Crippen molar-refractivity contribution in [3.63, 3.8) is 0 Å². The van der Waals surface area contributed by atoms with E-state index in [1.807, 2.05) is 0 Å². The second kappa shape index (κ2) is 6.62. The monoisotopic (exact) mass is 356 g/mol. The Hall–Kier alpha value is -0.740. The van der Waals surface area contributed by atoms with Gasteiger partial charge in [0.15, 0.2) is 10.3 Å². The highest BCUT2D eigenvalue weighted by Crippen LogP contribution is 2.40. The molecule has 1 rings (SSSR count). The zero-order valence-electron chi connectivity index (χ0n) is 8.95. The number of halogens is 2. The molecule has 0 saturated heterocycles. The summed E-state index contributed by atoms with van der Waals surface area (Å²) in [7, 11) is 0. The van der Waals surface area contributed by atoms with Gasteiger partial charge in [0.05, 0.1) is 10.0 Å². The van der Waals surface area contributed by atoms with Crippen molar-refractivity contribution in [1.29, 1.82) is 10.8 Å². The predicted octanol–water partition coefficient (Wildman–Crippen LogP) is 2.59. The number of carbonyl (C=O) groups is 2. The number of carbonyl (C=O) groups excluding carboxylic acids is 2. The minimum atomic E-state index is -0.573. The van der Waals surface area contributed by atoms with E-state index in [0.29, 0.717) is 23.5 Å². The Morgan fingerprint density at radius 2 is 1.26 bits per heavy atom. The maximum Gasteiger partial charge on any atom is 0.238 e. The Morgan fingerprint density at radius 1 is 0.947 bits per heavy atom. The van der Waals surface area contributed by atoms with Crippen molar-refractivity contribution in [1.82, 2.24) is 0 Å². The largest absolute Gasteiger partial charge is 0.378 e. The van der Waals surface area contributed by atoms with Gasteiger partial charge in [-0.1, -0.05) is 23.2 Å². The van der Waals surface area contributed by atoms with Crippen molar-refractivity contribution in [3.05, 3.63) is 19.8 Å². The van der Waals surface area contributed by atoms with Gasteiger partial charge >= 0.3 is 0 Å². The minimum absolute atomic E-state index is 0.0272. The van der Waals surface area contributed by atoms with E-state index in [9.17, 15) is 9.59 Å². The number of hydrogen-bond donors (Lipinski definition) is 4. The van der Waals surface area contributed by atoms with E-state index < -0.39 is 20.6 Å². The second-order valence-electron chi connectivity index (χ2n) is 2.90. The molecule has 0 aromatic carbocycles. The zero-order chi connectivity index (χ0) is 14.7. The van der Waals surface area contributed by atoms with Crippen LogP contribution in [0.25, 0.3) is 0 Å². The van der Waals surface area contributed by atoms with Crippen LogP contribution in [-0.2, 0) is 0 Å². The fourth-order valence-electron chi connectivity index (χ4n) is 0.946.